The van der Waals surface area contributed by atoms with Crippen LogP contribution in [0.15, 0.2) is 12.2 Å². The minimum absolute atomic E-state index is 0.0565. The molecule has 1 aliphatic rings. The van der Waals surface area contributed by atoms with Gasteiger partial charge in [0.1, 0.15) is 0 Å². The number of nitrogens with two attached hydrogens (primary N) is 1. The molecule has 1 aliphatic carbocycles. The van der Waals surface area contributed by atoms with Crippen LogP contribution in [0.5, 0.6) is 0 Å². The Hall–Kier alpha value is -0.480. The number of thiol groups is 1. The summed E-state index contributed by atoms with van der Waals surface area (Å²) in [6.45, 7) is 0. The average molecular weight is 200 g/mol. The lowest BCUT2D eigenvalue weighted by molar-refractivity contribution is 0.254. The number of hydrogen-bond donors (Lipinski definition) is 3. The molecule has 4 heteroatoms. The third-order valence-corrected chi connectivity index (χ3v) is 2.43. The van der Waals surface area contributed by atoms with Gasteiger partial charge in [-0.1, -0.05) is 24.8 Å². The smallest absolute Gasteiger partial charge is 0.276 e. The summed E-state index contributed by atoms with van der Waals surface area (Å²) >= 11 is 3.69. The summed E-state index contributed by atoms with van der Waals surface area (Å²) in [5.74, 6) is 0. The molecule has 0 saturated carbocycles. The van der Waals surface area contributed by atoms with Gasteiger partial charge in [-0.2, -0.15) is 0 Å². The first-order valence-corrected chi connectivity index (χ1v) is 5.05. The van der Waals surface area contributed by atoms with Crippen LogP contribution in [0.4, 0.5) is 4.79 Å². The molecule has 3 N–H and O–H groups in total. The fraction of sp³-hybridized carbons (Fsp3) is 0.667. The molecule has 0 spiro atoms. The summed E-state index contributed by atoms with van der Waals surface area (Å²) in [5, 5.41) is 2.48. The van der Waals surface area contributed by atoms with E-state index in [0.29, 0.717) is 0 Å². The van der Waals surface area contributed by atoms with Crippen LogP contribution in [0.3, 0.4) is 0 Å². The maximum atomic E-state index is 10.7. The molecule has 13 heavy (non-hydrogen) atoms. The van der Waals surface area contributed by atoms with Gasteiger partial charge in [0.2, 0.25) is 0 Å². The van der Waals surface area contributed by atoms with Crippen LogP contribution in [0.1, 0.15) is 25.7 Å². The van der Waals surface area contributed by atoms with Crippen LogP contribution >= 0.6 is 12.6 Å². The molecule has 0 radical (unpaired) electrons. The van der Waals surface area contributed by atoms with Gasteiger partial charge in [-0.15, -0.1) is 0 Å². The topological polar surface area (TPSA) is 55.1 Å². The molecule has 1 amide bonds. The summed E-state index contributed by atoms with van der Waals surface area (Å²) in [7, 11) is 0. The molecule has 0 saturated heterocycles. The van der Waals surface area contributed by atoms with E-state index in [1.165, 1.54) is 0 Å². The summed E-state index contributed by atoms with van der Waals surface area (Å²) in [5.41, 5.74) is 5.91. The lowest BCUT2D eigenvalue weighted by atomic mass is 9.96. The van der Waals surface area contributed by atoms with Gasteiger partial charge in [-0.25, -0.2) is 0 Å². The SMILES string of the molecule is N[C@H]1CCC=CCCC1NC(=O)S. The van der Waals surface area contributed by atoms with Gasteiger partial charge in [0.15, 0.2) is 0 Å². The van der Waals surface area contributed by atoms with E-state index in [0.717, 1.165) is 25.7 Å². The Labute approximate surface area is 84.2 Å². The van der Waals surface area contributed by atoms with Crippen molar-refractivity contribution in [1.29, 1.82) is 0 Å². The van der Waals surface area contributed by atoms with Crippen LogP contribution in [0.2, 0.25) is 0 Å². The minimum Gasteiger partial charge on any atom is -0.343 e. The predicted molar refractivity (Wildman–Crippen MR) is 56.9 cm³/mol. The lowest BCUT2D eigenvalue weighted by Crippen LogP contribution is -2.46. The molecule has 0 aliphatic heterocycles. The maximum absolute atomic E-state index is 10.7. The molecular weight excluding hydrogens is 184 g/mol. The number of nitrogens with one attached hydrogen (secondary N) is 1. The Morgan fingerprint density at radius 1 is 1.38 bits per heavy atom. The maximum Gasteiger partial charge on any atom is 0.276 e. The highest BCUT2D eigenvalue weighted by Gasteiger charge is 2.18. The summed E-state index contributed by atoms with van der Waals surface area (Å²) in [6, 6.07) is 0.135. The Morgan fingerprint density at radius 2 is 2.00 bits per heavy atom. The highest BCUT2D eigenvalue weighted by atomic mass is 32.1. The number of allylic oxidation sites excluding steroid dienone is 2. The van der Waals surface area contributed by atoms with Crippen molar-refractivity contribution in [3.63, 3.8) is 0 Å². The van der Waals surface area contributed by atoms with Gasteiger partial charge in [0, 0.05) is 12.1 Å². The minimum atomic E-state index is -0.287. The Bertz CT molecular complexity index is 206. The van der Waals surface area contributed by atoms with Gasteiger partial charge in [-0.05, 0) is 25.7 Å². The quantitative estimate of drug-likeness (QED) is 0.443. The second-order valence-electron chi connectivity index (χ2n) is 3.35. The zero-order valence-corrected chi connectivity index (χ0v) is 8.47. The normalized spacial score (nSPS) is 29.1. The highest BCUT2D eigenvalue weighted by Crippen LogP contribution is 2.11. The second-order valence-corrected chi connectivity index (χ2v) is 3.75. The van der Waals surface area contributed by atoms with Crippen molar-refractivity contribution in [3.8, 4) is 0 Å². The molecule has 0 aromatic carbocycles. The lowest BCUT2D eigenvalue weighted by Gasteiger charge is -2.24. The van der Waals surface area contributed by atoms with Crippen molar-refractivity contribution in [1.82, 2.24) is 5.32 Å². The largest absolute Gasteiger partial charge is 0.343 e. The fourth-order valence-electron chi connectivity index (χ4n) is 1.55. The molecular formula is C9H16N2OS. The van der Waals surface area contributed by atoms with Crippen molar-refractivity contribution in [2.24, 2.45) is 5.73 Å². The molecule has 1 rings (SSSR count). The number of carbonyl (C=O) groups excluding carboxylic acids is 1. The Kier molecular flexibility index (Phi) is 4.32. The molecule has 74 valence electrons. The molecule has 3 nitrogen and oxygen atoms in total. The van der Waals surface area contributed by atoms with Crippen LogP contribution in [-0.2, 0) is 0 Å². The second kappa shape index (κ2) is 5.29. The van der Waals surface area contributed by atoms with Crippen LogP contribution in [0.25, 0.3) is 0 Å². The molecule has 0 bridgehead atoms. The average Bonchev–Trinajstić information content (AvgIpc) is 2.04. The van der Waals surface area contributed by atoms with Gasteiger partial charge in [0.05, 0.1) is 0 Å². The molecule has 1 unspecified atom stereocenters. The summed E-state index contributed by atoms with van der Waals surface area (Å²) in [6.07, 6.45) is 8.11. The van der Waals surface area contributed by atoms with E-state index in [1.54, 1.807) is 0 Å². The van der Waals surface area contributed by atoms with Crippen LogP contribution in [0, 0.1) is 0 Å². The first-order chi connectivity index (χ1) is 6.20. The predicted octanol–water partition coefficient (Wildman–Crippen LogP) is 1.45. The zero-order valence-electron chi connectivity index (χ0n) is 7.57. The van der Waals surface area contributed by atoms with Gasteiger partial charge in [0.25, 0.3) is 5.24 Å². The van der Waals surface area contributed by atoms with Gasteiger partial charge >= 0.3 is 0 Å². The van der Waals surface area contributed by atoms with Gasteiger partial charge < -0.3 is 11.1 Å². The summed E-state index contributed by atoms with van der Waals surface area (Å²) in [4.78, 5) is 10.7. The molecule has 2 atom stereocenters. The molecule has 0 aromatic heterocycles. The van der Waals surface area contributed by atoms with E-state index in [-0.39, 0.29) is 17.3 Å². The van der Waals surface area contributed by atoms with E-state index in [9.17, 15) is 4.79 Å². The van der Waals surface area contributed by atoms with Crippen molar-refractivity contribution < 1.29 is 4.79 Å². The van der Waals surface area contributed by atoms with Crippen LogP contribution in [-0.4, -0.2) is 17.3 Å². The Morgan fingerprint density at radius 3 is 2.62 bits per heavy atom. The van der Waals surface area contributed by atoms with E-state index < -0.39 is 0 Å². The van der Waals surface area contributed by atoms with E-state index in [4.69, 9.17) is 5.73 Å². The number of hydrogen-bond acceptors (Lipinski definition) is 2. The Balaban J connectivity index is 2.48. The number of rotatable bonds is 1. The third kappa shape index (κ3) is 3.83. The van der Waals surface area contributed by atoms with Crippen molar-refractivity contribution in [2.75, 3.05) is 0 Å². The monoisotopic (exact) mass is 200 g/mol. The summed E-state index contributed by atoms with van der Waals surface area (Å²) < 4.78 is 0. The van der Waals surface area contributed by atoms with E-state index in [2.05, 4.69) is 30.1 Å². The van der Waals surface area contributed by atoms with E-state index >= 15 is 0 Å². The molecule has 0 aromatic rings. The fourth-order valence-corrected chi connectivity index (χ4v) is 1.72. The number of carbonyl (C=O) groups is 1. The van der Waals surface area contributed by atoms with Crippen molar-refractivity contribution in [3.05, 3.63) is 12.2 Å². The van der Waals surface area contributed by atoms with E-state index in [1.807, 2.05) is 0 Å². The molecule has 0 heterocycles. The molecule has 0 fully saturated rings. The number of amides is 1. The third-order valence-electron chi connectivity index (χ3n) is 2.30. The first-order valence-electron chi connectivity index (χ1n) is 4.60. The van der Waals surface area contributed by atoms with Crippen molar-refractivity contribution >= 4 is 17.9 Å². The van der Waals surface area contributed by atoms with Crippen LogP contribution < -0.4 is 11.1 Å². The van der Waals surface area contributed by atoms with Gasteiger partial charge in [-0.3, -0.25) is 4.79 Å². The first kappa shape index (κ1) is 10.6. The highest BCUT2D eigenvalue weighted by molar-refractivity contribution is 7.96. The zero-order chi connectivity index (χ0) is 9.68. The van der Waals surface area contributed by atoms with Crippen molar-refractivity contribution in [2.45, 2.75) is 37.8 Å². The standard InChI is InChI=1S/C9H16N2OS/c10-7-5-3-1-2-4-6-8(7)11-9(12)13/h1-2,7-8H,3-6,10H2,(H2,11,12,13)/t7-,8?/m0/s1.